The van der Waals surface area contributed by atoms with E-state index in [0.717, 1.165) is 12.0 Å². The SMILES string of the molecule is CCC(N)Cc1nc(-c2ccccc2)no1. The number of nitrogens with two attached hydrogens (primary N) is 1. The Kier molecular flexibility index (Phi) is 3.31. The van der Waals surface area contributed by atoms with Crippen molar-refractivity contribution in [3.8, 4) is 11.4 Å². The van der Waals surface area contributed by atoms with Crippen LogP contribution in [0.15, 0.2) is 34.9 Å². The van der Waals surface area contributed by atoms with Gasteiger partial charge in [0.05, 0.1) is 0 Å². The minimum absolute atomic E-state index is 0.0871. The quantitative estimate of drug-likeness (QED) is 0.850. The Morgan fingerprint density at radius 1 is 1.31 bits per heavy atom. The van der Waals surface area contributed by atoms with Gasteiger partial charge in [0.25, 0.3) is 0 Å². The Labute approximate surface area is 94.5 Å². The van der Waals surface area contributed by atoms with Crippen molar-refractivity contribution in [3.05, 3.63) is 36.2 Å². The van der Waals surface area contributed by atoms with E-state index in [1.807, 2.05) is 37.3 Å². The second-order valence-electron chi connectivity index (χ2n) is 3.75. The Bertz CT molecular complexity index is 439. The molecule has 1 aromatic carbocycles. The number of rotatable bonds is 4. The first kappa shape index (κ1) is 10.8. The lowest BCUT2D eigenvalue weighted by atomic mass is 10.2. The first-order valence-corrected chi connectivity index (χ1v) is 5.43. The molecule has 1 aromatic heterocycles. The van der Waals surface area contributed by atoms with Gasteiger partial charge in [-0.2, -0.15) is 4.98 Å². The van der Waals surface area contributed by atoms with Crippen LogP contribution in [0.2, 0.25) is 0 Å². The molecular formula is C12H15N3O. The number of nitrogens with zero attached hydrogens (tertiary/aromatic N) is 2. The van der Waals surface area contributed by atoms with Crippen molar-refractivity contribution in [2.45, 2.75) is 25.8 Å². The predicted octanol–water partition coefficient (Wildman–Crippen LogP) is 2.02. The predicted molar refractivity (Wildman–Crippen MR) is 61.7 cm³/mol. The summed E-state index contributed by atoms with van der Waals surface area (Å²) in [7, 11) is 0. The van der Waals surface area contributed by atoms with E-state index in [1.165, 1.54) is 0 Å². The zero-order valence-corrected chi connectivity index (χ0v) is 9.26. The van der Waals surface area contributed by atoms with Crippen molar-refractivity contribution < 1.29 is 4.52 Å². The lowest BCUT2D eigenvalue weighted by molar-refractivity contribution is 0.368. The summed E-state index contributed by atoms with van der Waals surface area (Å²) < 4.78 is 5.15. The molecular weight excluding hydrogens is 202 g/mol. The normalized spacial score (nSPS) is 12.6. The van der Waals surface area contributed by atoms with E-state index < -0.39 is 0 Å². The number of benzene rings is 1. The van der Waals surface area contributed by atoms with E-state index in [1.54, 1.807) is 0 Å². The highest BCUT2D eigenvalue weighted by atomic mass is 16.5. The van der Waals surface area contributed by atoms with Crippen LogP contribution in [0.4, 0.5) is 0 Å². The maximum atomic E-state index is 5.83. The fraction of sp³-hybridized carbons (Fsp3) is 0.333. The molecule has 0 aliphatic heterocycles. The molecule has 2 N–H and O–H groups in total. The Balaban J connectivity index is 2.14. The maximum absolute atomic E-state index is 5.83. The van der Waals surface area contributed by atoms with Crippen molar-refractivity contribution in [2.75, 3.05) is 0 Å². The van der Waals surface area contributed by atoms with Crippen LogP contribution in [-0.4, -0.2) is 16.2 Å². The van der Waals surface area contributed by atoms with Gasteiger partial charge in [0.15, 0.2) is 0 Å². The zero-order chi connectivity index (χ0) is 11.4. The first-order valence-electron chi connectivity index (χ1n) is 5.43. The molecule has 2 rings (SSSR count). The third kappa shape index (κ3) is 2.46. The summed E-state index contributed by atoms with van der Waals surface area (Å²) in [6, 6.07) is 9.84. The van der Waals surface area contributed by atoms with E-state index in [-0.39, 0.29) is 6.04 Å². The van der Waals surface area contributed by atoms with Crippen molar-refractivity contribution in [3.63, 3.8) is 0 Å². The number of hydrogen-bond acceptors (Lipinski definition) is 4. The molecule has 4 heteroatoms. The maximum Gasteiger partial charge on any atom is 0.228 e. The molecule has 1 heterocycles. The van der Waals surface area contributed by atoms with Crippen LogP contribution in [0, 0.1) is 0 Å². The van der Waals surface area contributed by atoms with Gasteiger partial charge in [0.2, 0.25) is 11.7 Å². The molecule has 0 bridgehead atoms. The van der Waals surface area contributed by atoms with Crippen LogP contribution < -0.4 is 5.73 Å². The van der Waals surface area contributed by atoms with Crippen molar-refractivity contribution in [1.29, 1.82) is 0 Å². The fourth-order valence-corrected chi connectivity index (χ4v) is 1.41. The van der Waals surface area contributed by atoms with Gasteiger partial charge in [0.1, 0.15) is 0 Å². The highest BCUT2D eigenvalue weighted by Gasteiger charge is 2.10. The highest BCUT2D eigenvalue weighted by Crippen LogP contribution is 2.15. The minimum atomic E-state index is 0.0871. The molecule has 4 nitrogen and oxygen atoms in total. The van der Waals surface area contributed by atoms with Gasteiger partial charge in [-0.25, -0.2) is 0 Å². The van der Waals surface area contributed by atoms with Crippen LogP contribution >= 0.6 is 0 Å². The molecule has 0 aliphatic carbocycles. The summed E-state index contributed by atoms with van der Waals surface area (Å²) in [5, 5.41) is 3.93. The van der Waals surface area contributed by atoms with E-state index in [9.17, 15) is 0 Å². The smallest absolute Gasteiger partial charge is 0.228 e. The number of hydrogen-bond donors (Lipinski definition) is 1. The second kappa shape index (κ2) is 4.90. The summed E-state index contributed by atoms with van der Waals surface area (Å²) in [4.78, 5) is 4.31. The summed E-state index contributed by atoms with van der Waals surface area (Å²) >= 11 is 0. The largest absolute Gasteiger partial charge is 0.339 e. The average Bonchev–Trinajstić information content (AvgIpc) is 2.78. The summed E-state index contributed by atoms with van der Waals surface area (Å²) in [5.74, 6) is 1.23. The van der Waals surface area contributed by atoms with E-state index >= 15 is 0 Å². The average molecular weight is 217 g/mol. The van der Waals surface area contributed by atoms with E-state index in [4.69, 9.17) is 10.3 Å². The first-order chi connectivity index (χ1) is 7.79. The Morgan fingerprint density at radius 2 is 2.06 bits per heavy atom. The monoisotopic (exact) mass is 217 g/mol. The molecule has 16 heavy (non-hydrogen) atoms. The van der Waals surface area contributed by atoms with Crippen LogP contribution in [-0.2, 0) is 6.42 Å². The molecule has 2 aromatic rings. The van der Waals surface area contributed by atoms with Crippen molar-refractivity contribution in [1.82, 2.24) is 10.1 Å². The molecule has 0 fully saturated rings. The third-order valence-electron chi connectivity index (χ3n) is 2.46. The Hall–Kier alpha value is -1.68. The van der Waals surface area contributed by atoms with Gasteiger partial charge in [-0.3, -0.25) is 0 Å². The lowest BCUT2D eigenvalue weighted by Gasteiger charge is -2.02. The van der Waals surface area contributed by atoms with Gasteiger partial charge in [-0.1, -0.05) is 42.4 Å². The summed E-state index contributed by atoms with van der Waals surface area (Å²) in [5.41, 5.74) is 6.79. The standard InChI is InChI=1S/C12H15N3O/c1-2-10(13)8-11-14-12(15-16-11)9-6-4-3-5-7-9/h3-7,10H,2,8,13H2,1H3. The van der Waals surface area contributed by atoms with Crippen LogP contribution in [0.1, 0.15) is 19.2 Å². The van der Waals surface area contributed by atoms with Crippen LogP contribution in [0.3, 0.4) is 0 Å². The van der Waals surface area contributed by atoms with Gasteiger partial charge >= 0.3 is 0 Å². The molecule has 0 amide bonds. The second-order valence-corrected chi connectivity index (χ2v) is 3.75. The minimum Gasteiger partial charge on any atom is -0.339 e. The molecule has 1 atom stereocenters. The third-order valence-corrected chi connectivity index (χ3v) is 2.46. The summed E-state index contributed by atoms with van der Waals surface area (Å²) in [6.07, 6.45) is 1.54. The topological polar surface area (TPSA) is 64.9 Å². The van der Waals surface area contributed by atoms with Gasteiger partial charge in [-0.15, -0.1) is 0 Å². The molecule has 84 valence electrons. The Morgan fingerprint density at radius 3 is 2.75 bits per heavy atom. The lowest BCUT2D eigenvalue weighted by Crippen LogP contribution is -2.21. The molecule has 0 saturated heterocycles. The van der Waals surface area contributed by atoms with Crippen LogP contribution in [0.25, 0.3) is 11.4 Å². The van der Waals surface area contributed by atoms with Gasteiger partial charge < -0.3 is 10.3 Å². The van der Waals surface area contributed by atoms with Crippen molar-refractivity contribution >= 4 is 0 Å². The molecule has 0 saturated carbocycles. The van der Waals surface area contributed by atoms with E-state index in [2.05, 4.69) is 10.1 Å². The van der Waals surface area contributed by atoms with Gasteiger partial charge in [0, 0.05) is 18.0 Å². The van der Waals surface area contributed by atoms with E-state index in [0.29, 0.717) is 18.1 Å². The zero-order valence-electron chi connectivity index (χ0n) is 9.26. The number of aromatic nitrogens is 2. The van der Waals surface area contributed by atoms with Crippen LogP contribution in [0.5, 0.6) is 0 Å². The highest BCUT2D eigenvalue weighted by molar-refractivity contribution is 5.53. The fourth-order valence-electron chi connectivity index (χ4n) is 1.41. The summed E-state index contributed by atoms with van der Waals surface area (Å²) in [6.45, 7) is 2.04. The molecule has 1 unspecified atom stereocenters. The van der Waals surface area contributed by atoms with Crippen molar-refractivity contribution in [2.24, 2.45) is 5.73 Å². The van der Waals surface area contributed by atoms with Gasteiger partial charge in [-0.05, 0) is 6.42 Å². The molecule has 0 aliphatic rings. The molecule has 0 spiro atoms. The molecule has 0 radical (unpaired) electrons.